The first kappa shape index (κ1) is 54.2. The van der Waals surface area contributed by atoms with Gasteiger partial charge < -0.3 is 26.4 Å². The number of carbonyl (C=O) groups is 2. The summed E-state index contributed by atoms with van der Waals surface area (Å²) in [6, 6.07) is 1.34. The number of amides is 4. The highest BCUT2D eigenvalue weighted by Crippen LogP contribution is 2.46. The summed E-state index contributed by atoms with van der Waals surface area (Å²) in [5.41, 5.74) is -7.47. The van der Waals surface area contributed by atoms with E-state index in [1.54, 1.807) is 5.32 Å². The number of aliphatic hydroxyl groups is 1. The molecule has 0 spiro atoms. The van der Waals surface area contributed by atoms with Gasteiger partial charge >= 0.3 is 24.4 Å². The molecule has 2 heterocycles. The second kappa shape index (κ2) is 22.4. The predicted octanol–water partition coefficient (Wildman–Crippen LogP) is 0.0211. The van der Waals surface area contributed by atoms with Crippen LogP contribution in [0, 0.1) is 47.2 Å². The predicted molar refractivity (Wildman–Crippen MR) is 247 cm³/mol. The number of fused-ring (bicyclic) bond motifs is 2. The topological polar surface area (TPSA) is 102 Å². The molecule has 33 heteroatoms. The SMILES string of the molecule is O=C1Nc2cc(CCl)c(F)cc2C(C#CC2CC2)(C(F)(F)F)N1.O=C1Nc2cc(CO)c(F)cc2C(C#CC2CC2)(C(F)(F)F)N1.[B]B([B])B([B])B(B([B])[B])B([B])[B].[B][B]B([B])[B]. The maximum Gasteiger partial charge on any atom is 0.427 e. The minimum absolute atomic E-state index is 0.00107. The Bertz CT molecular complexity index is 1950. The monoisotopic (exact) mass is 861 g/mol. The minimum Gasteiger partial charge on any atom is -0.392 e. The molecule has 2 fully saturated rings. The van der Waals surface area contributed by atoms with E-state index in [4.69, 9.17) is 94.1 Å². The van der Waals surface area contributed by atoms with E-state index in [1.807, 2.05) is 5.32 Å². The van der Waals surface area contributed by atoms with Gasteiger partial charge in [-0.3, -0.25) is 0 Å². The van der Waals surface area contributed by atoms with Crippen LogP contribution in [0.25, 0.3) is 0 Å². The lowest BCUT2D eigenvalue weighted by atomic mass is 8.53. The lowest BCUT2D eigenvalue weighted by Crippen LogP contribution is -2.67. The smallest absolute Gasteiger partial charge is 0.392 e. The van der Waals surface area contributed by atoms with E-state index in [2.05, 4.69) is 34.3 Å². The zero-order valence-corrected chi connectivity index (χ0v) is 33.9. The van der Waals surface area contributed by atoms with Gasteiger partial charge in [0.25, 0.3) is 0 Å². The molecule has 2 unspecified atom stereocenters. The summed E-state index contributed by atoms with van der Waals surface area (Å²) in [5.74, 6) is 6.93. The standard InChI is InChI=1S/C15H11ClF4N2O.C15H12F4N2O2.B12.B5/c16-7-9-5-12-10(6-11(9)17)14(15(18,19)20,22-13(23)21-12)4-3-8-1-2-8;16-11-6-10-12(5-9(11)7-22)20-13(23)21-14(10,15(17,18)19)4-3-8-1-2-8;1-8(2)11(7)12(9(3)4)10(5)6;1-4-5(2)3/h5-6,8H,1-2,7H2,(H2,21,22,23);5-6,8,22H,1-2,7H2,(H2,20,21,23);;. The Morgan fingerprint density at radius 2 is 1.06 bits per heavy atom. The summed E-state index contributed by atoms with van der Waals surface area (Å²) in [7, 11) is 53.7. The number of halogens is 9. The fraction of sp³-hybridized carbons (Fsp3) is 0.400. The van der Waals surface area contributed by atoms with Crippen molar-refractivity contribution < 1.29 is 49.8 Å². The van der Waals surface area contributed by atoms with Gasteiger partial charge in [-0.15, -0.1) is 11.6 Å². The Hall–Kier alpha value is -3.11. The van der Waals surface area contributed by atoms with Crippen LogP contribution in [0.5, 0.6) is 0 Å². The maximum atomic E-state index is 14.0. The zero-order chi connectivity index (χ0) is 47.8. The number of anilines is 2. The molecule has 6 rings (SSSR count). The number of urea groups is 2. The maximum absolute atomic E-state index is 14.0. The molecule has 7 nitrogen and oxygen atoms in total. The molecule has 21 radical (unpaired) electrons. The molecule has 295 valence electrons. The fourth-order valence-corrected chi connectivity index (χ4v) is 5.96. The number of benzene rings is 2. The molecule has 2 aromatic carbocycles. The normalized spacial score (nSPS) is 19.1. The molecule has 2 aromatic rings. The van der Waals surface area contributed by atoms with Crippen LogP contribution in [0.1, 0.15) is 47.9 Å². The van der Waals surface area contributed by atoms with Crippen molar-refractivity contribution >= 4 is 158 Å². The van der Waals surface area contributed by atoms with Gasteiger partial charge in [-0.2, -0.15) is 26.3 Å². The van der Waals surface area contributed by atoms with Crippen molar-refractivity contribution in [1.82, 2.24) is 10.6 Å². The van der Waals surface area contributed by atoms with Crippen LogP contribution in [0.3, 0.4) is 0 Å². The Balaban J connectivity index is 0.000000249. The quantitative estimate of drug-likeness (QED) is 0.118. The van der Waals surface area contributed by atoms with Crippen LogP contribution in [0.2, 0.25) is 0 Å². The lowest BCUT2D eigenvalue weighted by Gasteiger charge is -2.37. The number of alkyl halides is 7. The molecule has 2 aliphatic heterocycles. The molecule has 0 bridgehead atoms. The van der Waals surface area contributed by atoms with Gasteiger partial charge in [-0.25, -0.2) is 18.4 Å². The first-order chi connectivity index (χ1) is 29.2. The van der Waals surface area contributed by atoms with E-state index in [-0.39, 0.29) is 40.2 Å². The van der Waals surface area contributed by atoms with Gasteiger partial charge in [0, 0.05) is 168 Å². The minimum atomic E-state index is -4.94. The van der Waals surface area contributed by atoms with Crippen molar-refractivity contribution in [2.75, 3.05) is 10.6 Å². The fourth-order valence-electron chi connectivity index (χ4n) is 5.76. The Labute approximate surface area is 382 Å². The average Bonchev–Trinajstić information content (AvgIpc) is 4.12. The van der Waals surface area contributed by atoms with E-state index in [0.29, 0.717) is 18.9 Å². The molecule has 0 saturated heterocycles. The van der Waals surface area contributed by atoms with Crippen LogP contribution in [0.4, 0.5) is 56.1 Å². The second-order valence-electron chi connectivity index (χ2n) is 14.7. The number of hydrogen-bond donors (Lipinski definition) is 5. The zero-order valence-electron chi connectivity index (χ0n) is 33.2. The third-order valence-corrected chi connectivity index (χ3v) is 9.81. The Kier molecular flexibility index (Phi) is 19.3. The molecule has 2 atom stereocenters. The Morgan fingerprint density at radius 1 is 0.698 bits per heavy atom. The third kappa shape index (κ3) is 14.0. The molecule has 5 N–H and O–H groups in total. The molecule has 0 aromatic heterocycles. The van der Waals surface area contributed by atoms with Crippen LogP contribution in [-0.4, -0.2) is 152 Å². The van der Waals surface area contributed by atoms with Crippen LogP contribution >= 0.6 is 11.6 Å². The van der Waals surface area contributed by atoms with E-state index in [1.165, 1.54) is 7.06 Å². The van der Waals surface area contributed by atoms with Crippen LogP contribution in [-0.2, 0) is 23.6 Å². The molecule has 63 heavy (non-hydrogen) atoms. The summed E-state index contributed by atoms with van der Waals surface area (Å²) in [5, 5.41) is 17.1. The van der Waals surface area contributed by atoms with Gasteiger partial charge in [-0.1, -0.05) is 23.7 Å². The summed E-state index contributed by atoms with van der Waals surface area (Å²) >= 11 is 5.56. The van der Waals surface area contributed by atoms with E-state index in [0.717, 1.165) is 31.0 Å². The van der Waals surface area contributed by atoms with Crippen molar-refractivity contribution in [2.24, 2.45) is 11.8 Å². The summed E-state index contributed by atoms with van der Waals surface area (Å²) in [4.78, 5) is 23.4. The van der Waals surface area contributed by atoms with Gasteiger partial charge in [0.05, 0.1) is 12.5 Å². The molecule has 4 aliphatic rings. The van der Waals surface area contributed by atoms with E-state index in [9.17, 15) is 44.7 Å². The molecule has 4 amide bonds. The highest BCUT2D eigenvalue weighted by Gasteiger charge is 2.61. The van der Waals surface area contributed by atoms with Gasteiger partial charge in [0.2, 0.25) is 11.1 Å². The molecular formula is C30H23B17ClF8N4O3. The van der Waals surface area contributed by atoms with E-state index < -0.39 is 103 Å². The largest absolute Gasteiger partial charge is 0.427 e. The highest BCUT2D eigenvalue weighted by molar-refractivity contribution is 8.05. The molecule has 2 saturated carbocycles. The van der Waals surface area contributed by atoms with Crippen molar-refractivity contribution in [3.63, 3.8) is 0 Å². The van der Waals surface area contributed by atoms with Crippen molar-refractivity contribution in [2.45, 2.75) is 61.6 Å². The van der Waals surface area contributed by atoms with Crippen molar-refractivity contribution in [3.05, 3.63) is 58.2 Å². The molecule has 2 aliphatic carbocycles. The van der Waals surface area contributed by atoms with Crippen LogP contribution in [0.15, 0.2) is 24.3 Å². The summed E-state index contributed by atoms with van der Waals surface area (Å²) in [6.07, 6.45) is -10.7. The first-order valence-corrected chi connectivity index (χ1v) is 19.3. The number of rotatable bonds is 7. The first-order valence-electron chi connectivity index (χ1n) is 18.7. The Morgan fingerprint density at radius 3 is 1.33 bits per heavy atom. The number of hydrogen-bond acceptors (Lipinski definition) is 3. The van der Waals surface area contributed by atoms with Crippen molar-refractivity contribution in [3.8, 4) is 23.7 Å². The summed E-state index contributed by atoms with van der Waals surface area (Å²) < 4.78 is 110. The number of aliphatic hydroxyl groups excluding tert-OH is 1. The van der Waals surface area contributed by atoms with Crippen molar-refractivity contribution in [1.29, 1.82) is 0 Å². The van der Waals surface area contributed by atoms with Crippen LogP contribution < -0.4 is 21.3 Å². The number of carbonyl (C=O) groups excluding carboxylic acids is 2. The van der Waals surface area contributed by atoms with Gasteiger partial charge in [0.15, 0.2) is 0 Å². The third-order valence-electron chi connectivity index (χ3n) is 9.53. The molecular weight excluding hydrogens is 836 g/mol. The van der Waals surface area contributed by atoms with E-state index >= 15 is 0 Å². The average molecular weight is 859 g/mol. The van der Waals surface area contributed by atoms with Gasteiger partial charge in [-0.05, 0) is 49.9 Å². The van der Waals surface area contributed by atoms with Gasteiger partial charge in [0.1, 0.15) is 11.6 Å². The highest BCUT2D eigenvalue weighted by atomic mass is 35.5. The summed E-state index contributed by atoms with van der Waals surface area (Å²) in [6.45, 7) is -0.699. The second-order valence-corrected chi connectivity index (χ2v) is 14.9. The number of nitrogens with one attached hydrogen (secondary N) is 4. The lowest BCUT2D eigenvalue weighted by molar-refractivity contribution is -0.179.